The molecule has 2 aliphatic rings. The number of amides is 3. The normalized spacial score (nSPS) is 18.8. The van der Waals surface area contributed by atoms with E-state index in [9.17, 15) is 14.4 Å². The molecular formula is C35H39N5O7. The molecule has 12 heteroatoms. The van der Waals surface area contributed by atoms with Crippen LogP contribution in [0.4, 0.5) is 0 Å². The van der Waals surface area contributed by atoms with Gasteiger partial charge in [-0.3, -0.25) is 14.4 Å². The maximum Gasteiger partial charge on any atom is 0.254 e. The highest BCUT2D eigenvalue weighted by Crippen LogP contribution is 2.33. The first kappa shape index (κ1) is 32.0. The number of nitrogens with one attached hydrogen (secondary N) is 2. The summed E-state index contributed by atoms with van der Waals surface area (Å²) in [5.41, 5.74) is 2.98. The molecule has 47 heavy (non-hydrogen) atoms. The van der Waals surface area contributed by atoms with E-state index in [1.165, 1.54) is 12.0 Å². The molecule has 1 aromatic heterocycles. The molecule has 12 nitrogen and oxygen atoms in total. The number of hydrogen-bond acceptors (Lipinski definition) is 8. The van der Waals surface area contributed by atoms with Gasteiger partial charge in [-0.15, -0.1) is 0 Å². The van der Waals surface area contributed by atoms with E-state index in [0.717, 1.165) is 16.6 Å². The highest BCUT2D eigenvalue weighted by atomic mass is 16.5. The molecule has 1 saturated heterocycles. The van der Waals surface area contributed by atoms with Crippen molar-refractivity contribution in [3.8, 4) is 17.2 Å². The summed E-state index contributed by atoms with van der Waals surface area (Å²) in [6, 6.07) is 19.8. The molecule has 0 unspecified atom stereocenters. The number of carbonyl (C=O) groups is 3. The van der Waals surface area contributed by atoms with Crippen LogP contribution in [0.25, 0.3) is 11.0 Å². The van der Waals surface area contributed by atoms with Gasteiger partial charge >= 0.3 is 0 Å². The zero-order valence-corrected chi connectivity index (χ0v) is 26.6. The third-order valence-electron chi connectivity index (χ3n) is 8.28. The van der Waals surface area contributed by atoms with Crippen molar-refractivity contribution in [1.82, 2.24) is 25.1 Å². The summed E-state index contributed by atoms with van der Waals surface area (Å²) in [7, 11) is 1.54. The molecule has 6 rings (SSSR count). The van der Waals surface area contributed by atoms with Crippen LogP contribution in [-0.2, 0) is 32.3 Å². The molecule has 3 heterocycles. The first-order valence-electron chi connectivity index (χ1n) is 15.8. The molecule has 3 aromatic carbocycles. The SMILES string of the molecule is CCCN1CC(=O)N[C@H]2CCN(C(=O)COCc3nc4ccccc4[nH]3)C[C@@H]2OCc2cccc(c2)Oc2cc(ccc2OC)C1=O. The lowest BCUT2D eigenvalue weighted by Crippen LogP contribution is -2.57. The number of rotatable bonds is 7. The number of imidazole rings is 1. The number of benzene rings is 3. The fraction of sp³-hybridized carbons (Fsp3) is 0.371. The Balaban J connectivity index is 1.18. The molecule has 1 fully saturated rings. The van der Waals surface area contributed by atoms with Crippen LogP contribution in [0.3, 0.4) is 0 Å². The monoisotopic (exact) mass is 641 g/mol. The minimum Gasteiger partial charge on any atom is -0.493 e. The summed E-state index contributed by atoms with van der Waals surface area (Å²) in [6.07, 6.45) is 0.668. The van der Waals surface area contributed by atoms with Gasteiger partial charge in [0, 0.05) is 25.2 Å². The molecule has 3 amide bonds. The van der Waals surface area contributed by atoms with Crippen molar-refractivity contribution in [2.45, 2.75) is 45.1 Å². The second-order valence-corrected chi connectivity index (χ2v) is 11.7. The number of nitrogens with zero attached hydrogens (tertiary/aromatic N) is 3. The smallest absolute Gasteiger partial charge is 0.254 e. The van der Waals surface area contributed by atoms with Crippen LogP contribution in [0.5, 0.6) is 17.2 Å². The number of ether oxygens (including phenoxy) is 4. The lowest BCUT2D eigenvalue weighted by Gasteiger charge is -2.39. The lowest BCUT2D eigenvalue weighted by atomic mass is 10.0. The van der Waals surface area contributed by atoms with Gasteiger partial charge < -0.3 is 39.0 Å². The highest BCUT2D eigenvalue weighted by molar-refractivity contribution is 5.97. The van der Waals surface area contributed by atoms with Gasteiger partial charge in [0.05, 0.1) is 43.4 Å². The third-order valence-corrected chi connectivity index (χ3v) is 8.28. The number of aromatic nitrogens is 2. The van der Waals surface area contributed by atoms with E-state index in [2.05, 4.69) is 15.3 Å². The number of methoxy groups -OCH3 is 1. The van der Waals surface area contributed by atoms with Crippen molar-refractivity contribution < 1.29 is 33.3 Å². The van der Waals surface area contributed by atoms with Crippen molar-refractivity contribution in [2.24, 2.45) is 0 Å². The van der Waals surface area contributed by atoms with Crippen LogP contribution in [-0.4, -0.2) is 89.5 Å². The number of hydrogen-bond donors (Lipinski definition) is 2. The van der Waals surface area contributed by atoms with Gasteiger partial charge in [0.15, 0.2) is 11.5 Å². The Labute approximate surface area is 272 Å². The van der Waals surface area contributed by atoms with Crippen LogP contribution >= 0.6 is 0 Å². The topological polar surface area (TPSA) is 135 Å². The molecular weight excluding hydrogens is 602 g/mol. The van der Waals surface area contributed by atoms with Gasteiger partial charge in [0.1, 0.15) is 24.8 Å². The second-order valence-electron chi connectivity index (χ2n) is 11.7. The van der Waals surface area contributed by atoms with Crippen molar-refractivity contribution in [3.63, 3.8) is 0 Å². The summed E-state index contributed by atoms with van der Waals surface area (Å²) in [4.78, 5) is 51.1. The van der Waals surface area contributed by atoms with Gasteiger partial charge in [0.25, 0.3) is 5.91 Å². The van der Waals surface area contributed by atoms with Crippen molar-refractivity contribution in [3.05, 3.63) is 83.7 Å². The summed E-state index contributed by atoms with van der Waals surface area (Å²) >= 11 is 0. The standard InChI is InChI=1S/C35H39N5O7/c1-3-14-40-19-33(41)38-28-13-15-39(34(42)22-45-21-32-36-26-9-4-5-10-27(26)37-32)18-31(28)46-20-23-7-6-8-25(16-23)47-30-17-24(35(40)43)11-12-29(30)44-2/h4-12,16-17,28,31H,3,13-15,18-22H2,1-2H3,(H,36,37)(H,38,41)/t28-,31-/m0/s1. The third kappa shape index (κ3) is 7.72. The molecule has 246 valence electrons. The van der Waals surface area contributed by atoms with E-state index in [4.69, 9.17) is 18.9 Å². The Kier molecular flexibility index (Phi) is 9.98. The Bertz CT molecular complexity index is 1710. The van der Waals surface area contributed by atoms with Crippen molar-refractivity contribution >= 4 is 28.8 Å². The predicted octanol–water partition coefficient (Wildman–Crippen LogP) is 4.05. The van der Waals surface area contributed by atoms with E-state index in [1.54, 1.807) is 23.1 Å². The van der Waals surface area contributed by atoms with E-state index in [-0.39, 0.29) is 56.7 Å². The number of fused-ring (bicyclic) bond motifs is 6. The number of para-hydroxylation sites is 2. The van der Waals surface area contributed by atoms with Crippen LogP contribution < -0.4 is 14.8 Å². The molecule has 0 spiro atoms. The van der Waals surface area contributed by atoms with E-state index < -0.39 is 6.10 Å². The largest absolute Gasteiger partial charge is 0.493 e. The number of likely N-dealkylation sites (tertiary alicyclic amines) is 1. The minimum absolute atomic E-state index is 0.113. The summed E-state index contributed by atoms with van der Waals surface area (Å²) in [6.45, 7) is 3.23. The second kappa shape index (κ2) is 14.7. The lowest BCUT2D eigenvalue weighted by molar-refractivity contribution is -0.142. The van der Waals surface area contributed by atoms with Gasteiger partial charge in [0.2, 0.25) is 11.8 Å². The van der Waals surface area contributed by atoms with Crippen molar-refractivity contribution in [2.75, 3.05) is 39.9 Å². The maximum absolute atomic E-state index is 13.6. The maximum atomic E-state index is 13.6. The molecule has 2 N–H and O–H groups in total. The summed E-state index contributed by atoms with van der Waals surface area (Å²) in [5, 5.41) is 3.09. The molecule has 2 aliphatic heterocycles. The van der Waals surface area contributed by atoms with Gasteiger partial charge in [-0.2, -0.15) is 0 Å². The quantitative estimate of drug-likeness (QED) is 0.309. The Morgan fingerprint density at radius 3 is 2.79 bits per heavy atom. The average molecular weight is 642 g/mol. The Hall–Kier alpha value is -4.94. The van der Waals surface area contributed by atoms with Crippen LogP contribution in [0, 0.1) is 0 Å². The molecule has 4 aromatic rings. The molecule has 4 bridgehead atoms. The highest BCUT2D eigenvalue weighted by Gasteiger charge is 2.34. The minimum atomic E-state index is -0.493. The molecule has 0 saturated carbocycles. The average Bonchev–Trinajstić information content (AvgIpc) is 3.50. The fourth-order valence-corrected chi connectivity index (χ4v) is 5.93. The predicted molar refractivity (Wildman–Crippen MR) is 173 cm³/mol. The van der Waals surface area contributed by atoms with Crippen molar-refractivity contribution in [1.29, 1.82) is 0 Å². The number of aromatic amines is 1. The Morgan fingerprint density at radius 1 is 1.09 bits per heavy atom. The van der Waals surface area contributed by atoms with E-state index >= 15 is 0 Å². The van der Waals surface area contributed by atoms with Gasteiger partial charge in [-0.1, -0.05) is 31.2 Å². The number of H-pyrrole nitrogens is 1. The molecule has 2 atom stereocenters. The fourth-order valence-electron chi connectivity index (χ4n) is 5.93. The zero-order valence-electron chi connectivity index (χ0n) is 26.6. The Morgan fingerprint density at radius 2 is 1.96 bits per heavy atom. The van der Waals surface area contributed by atoms with Gasteiger partial charge in [-0.05, 0) is 60.9 Å². The summed E-state index contributed by atoms with van der Waals surface area (Å²) in [5.74, 6) is 1.30. The molecule has 0 aliphatic carbocycles. The van der Waals surface area contributed by atoms with E-state index in [0.29, 0.717) is 54.6 Å². The number of carbonyl (C=O) groups excluding carboxylic acids is 3. The van der Waals surface area contributed by atoms with E-state index in [1.807, 2.05) is 55.5 Å². The van der Waals surface area contributed by atoms with Crippen LogP contribution in [0.15, 0.2) is 66.7 Å². The first-order chi connectivity index (χ1) is 22.9. The van der Waals surface area contributed by atoms with Gasteiger partial charge in [-0.25, -0.2) is 4.98 Å². The van der Waals surface area contributed by atoms with Crippen LogP contribution in [0.1, 0.15) is 41.5 Å². The number of piperidine rings is 1. The zero-order chi connectivity index (χ0) is 32.8. The van der Waals surface area contributed by atoms with Crippen LogP contribution in [0.2, 0.25) is 0 Å². The molecule has 0 radical (unpaired) electrons. The first-order valence-corrected chi connectivity index (χ1v) is 15.8. The summed E-state index contributed by atoms with van der Waals surface area (Å²) < 4.78 is 23.8.